The molecule has 0 aliphatic rings. The van der Waals surface area contributed by atoms with E-state index in [0.717, 1.165) is 5.75 Å². The van der Waals surface area contributed by atoms with Crippen molar-refractivity contribution in [1.82, 2.24) is 5.32 Å². The Hall–Kier alpha value is -1.82. The number of carbonyl (C=O) groups excluding carboxylic acids is 1. The number of halogens is 2. The highest BCUT2D eigenvalue weighted by atomic mass is 35.5. The Balaban J connectivity index is 1.69. The summed E-state index contributed by atoms with van der Waals surface area (Å²) in [6.45, 7) is 0.460. The summed E-state index contributed by atoms with van der Waals surface area (Å²) in [7, 11) is 0. The molecule has 0 fully saturated rings. The molecule has 2 aromatic carbocycles. The van der Waals surface area contributed by atoms with Crippen molar-refractivity contribution in [3.63, 3.8) is 0 Å². The summed E-state index contributed by atoms with van der Waals surface area (Å²) >= 11 is 16.9. The van der Waals surface area contributed by atoms with Crippen LogP contribution in [0.2, 0.25) is 10.0 Å². The molecule has 0 aliphatic carbocycles. The maximum atomic E-state index is 11.8. The van der Waals surface area contributed by atoms with Gasteiger partial charge in [-0.1, -0.05) is 41.4 Å². The van der Waals surface area contributed by atoms with E-state index in [1.807, 2.05) is 30.3 Å². The molecule has 7 heteroatoms. The van der Waals surface area contributed by atoms with E-state index in [0.29, 0.717) is 35.2 Å². The minimum Gasteiger partial charge on any atom is -0.494 e. The van der Waals surface area contributed by atoms with Crippen LogP contribution in [0.25, 0.3) is 0 Å². The zero-order valence-corrected chi connectivity index (χ0v) is 15.0. The van der Waals surface area contributed by atoms with E-state index in [-0.39, 0.29) is 11.0 Å². The largest absolute Gasteiger partial charge is 0.494 e. The lowest BCUT2D eigenvalue weighted by atomic mass is 10.3. The maximum Gasteiger partial charge on any atom is 0.226 e. The van der Waals surface area contributed by atoms with Gasteiger partial charge in [-0.15, -0.1) is 0 Å². The smallest absolute Gasteiger partial charge is 0.226 e. The highest BCUT2D eigenvalue weighted by Gasteiger charge is 2.06. The molecule has 0 heterocycles. The van der Waals surface area contributed by atoms with Crippen molar-refractivity contribution < 1.29 is 9.53 Å². The molecule has 0 unspecified atom stereocenters. The fourth-order valence-electron chi connectivity index (χ4n) is 1.92. The molecule has 0 aromatic heterocycles. The Morgan fingerprint density at radius 1 is 1.08 bits per heavy atom. The number of hydrogen-bond acceptors (Lipinski definition) is 3. The van der Waals surface area contributed by atoms with Gasteiger partial charge >= 0.3 is 0 Å². The van der Waals surface area contributed by atoms with Crippen LogP contribution in [0.5, 0.6) is 5.75 Å². The van der Waals surface area contributed by atoms with Crippen molar-refractivity contribution in [2.45, 2.75) is 12.8 Å². The Labute approximate surface area is 156 Å². The molecule has 2 rings (SSSR count). The predicted octanol–water partition coefficient (Wildman–Crippen LogP) is 4.67. The number of anilines is 1. The van der Waals surface area contributed by atoms with Gasteiger partial charge in [0, 0.05) is 22.2 Å². The number of para-hydroxylation sites is 1. The normalized spacial score (nSPS) is 10.1. The van der Waals surface area contributed by atoms with E-state index < -0.39 is 0 Å². The highest BCUT2D eigenvalue weighted by Crippen LogP contribution is 2.22. The van der Waals surface area contributed by atoms with Gasteiger partial charge in [0.05, 0.1) is 6.61 Å². The zero-order valence-electron chi connectivity index (χ0n) is 12.7. The van der Waals surface area contributed by atoms with Crippen LogP contribution >= 0.6 is 35.4 Å². The Bertz CT molecular complexity index is 691. The number of carbonyl (C=O) groups is 1. The summed E-state index contributed by atoms with van der Waals surface area (Å²) in [6.07, 6.45) is 0.900. The topological polar surface area (TPSA) is 50.4 Å². The Kier molecular flexibility index (Phi) is 7.31. The van der Waals surface area contributed by atoms with Gasteiger partial charge in [0.1, 0.15) is 5.75 Å². The maximum absolute atomic E-state index is 11.8. The average Bonchev–Trinajstić information content (AvgIpc) is 2.51. The minimum atomic E-state index is -0.183. The van der Waals surface area contributed by atoms with E-state index in [2.05, 4.69) is 10.6 Å². The number of rotatable bonds is 6. The van der Waals surface area contributed by atoms with Gasteiger partial charge in [-0.05, 0) is 49.0 Å². The fraction of sp³-hybridized carbons (Fsp3) is 0.176. The third kappa shape index (κ3) is 6.74. The van der Waals surface area contributed by atoms with Crippen molar-refractivity contribution >= 4 is 52.1 Å². The second kappa shape index (κ2) is 9.47. The lowest BCUT2D eigenvalue weighted by Gasteiger charge is -2.10. The van der Waals surface area contributed by atoms with Crippen molar-refractivity contribution in [3.8, 4) is 5.75 Å². The van der Waals surface area contributed by atoms with Gasteiger partial charge in [0.2, 0.25) is 5.91 Å². The van der Waals surface area contributed by atoms with Crippen LogP contribution < -0.4 is 15.4 Å². The lowest BCUT2D eigenvalue weighted by Crippen LogP contribution is -2.34. The minimum absolute atomic E-state index is 0.183. The van der Waals surface area contributed by atoms with E-state index in [4.69, 9.17) is 40.2 Å². The zero-order chi connectivity index (χ0) is 17.4. The molecular weight excluding hydrogens is 367 g/mol. The molecule has 0 atom stereocenters. The molecule has 0 saturated carbocycles. The average molecular weight is 383 g/mol. The molecule has 24 heavy (non-hydrogen) atoms. The van der Waals surface area contributed by atoms with Crippen molar-refractivity contribution in [2.75, 3.05) is 11.9 Å². The number of benzene rings is 2. The van der Waals surface area contributed by atoms with Gasteiger partial charge in [-0.25, -0.2) is 0 Å². The van der Waals surface area contributed by atoms with Gasteiger partial charge in [0.25, 0.3) is 0 Å². The summed E-state index contributed by atoms with van der Waals surface area (Å²) in [6, 6.07) is 14.4. The molecule has 0 bridgehead atoms. The van der Waals surface area contributed by atoms with Crippen LogP contribution in [-0.4, -0.2) is 17.6 Å². The molecule has 0 saturated heterocycles. The third-order valence-corrected chi connectivity index (χ3v) is 3.57. The van der Waals surface area contributed by atoms with Crippen LogP contribution in [0.3, 0.4) is 0 Å². The molecule has 4 nitrogen and oxygen atoms in total. The van der Waals surface area contributed by atoms with E-state index in [1.165, 1.54) is 0 Å². The molecule has 1 amide bonds. The van der Waals surface area contributed by atoms with Gasteiger partial charge in [-0.3, -0.25) is 4.79 Å². The lowest BCUT2D eigenvalue weighted by molar-refractivity contribution is -0.119. The summed E-state index contributed by atoms with van der Waals surface area (Å²) in [5.74, 6) is 0.602. The number of ether oxygens (including phenoxy) is 1. The second-order valence-electron chi connectivity index (χ2n) is 4.93. The van der Waals surface area contributed by atoms with Gasteiger partial charge in [-0.2, -0.15) is 0 Å². The molecule has 2 N–H and O–H groups in total. The summed E-state index contributed by atoms with van der Waals surface area (Å²) < 4.78 is 5.53. The van der Waals surface area contributed by atoms with Crippen LogP contribution in [0.15, 0.2) is 48.5 Å². The molecule has 0 radical (unpaired) electrons. The van der Waals surface area contributed by atoms with Gasteiger partial charge in [0.15, 0.2) is 5.11 Å². The fourth-order valence-corrected chi connectivity index (χ4v) is 2.67. The van der Waals surface area contributed by atoms with E-state index >= 15 is 0 Å². The first-order valence-electron chi connectivity index (χ1n) is 7.28. The predicted molar refractivity (Wildman–Crippen MR) is 102 cm³/mol. The van der Waals surface area contributed by atoms with Crippen molar-refractivity contribution in [1.29, 1.82) is 0 Å². The first-order chi connectivity index (χ1) is 11.5. The summed E-state index contributed by atoms with van der Waals surface area (Å²) in [4.78, 5) is 11.8. The van der Waals surface area contributed by atoms with E-state index in [1.54, 1.807) is 18.2 Å². The van der Waals surface area contributed by atoms with Crippen LogP contribution in [-0.2, 0) is 4.79 Å². The van der Waals surface area contributed by atoms with Crippen LogP contribution in [0.1, 0.15) is 12.8 Å². The summed E-state index contributed by atoms with van der Waals surface area (Å²) in [5, 5.41) is 6.64. The van der Waals surface area contributed by atoms with E-state index in [9.17, 15) is 4.79 Å². The van der Waals surface area contributed by atoms with Crippen LogP contribution in [0.4, 0.5) is 5.69 Å². The SMILES string of the molecule is O=C(CCCOc1ccccc1)NC(=S)Nc1cc(Cl)cc(Cl)c1. The monoisotopic (exact) mass is 382 g/mol. The number of hydrogen-bond donors (Lipinski definition) is 2. The molecule has 0 spiro atoms. The number of thiocarbonyl (C=S) groups is 1. The first kappa shape index (κ1) is 18.5. The molecule has 2 aromatic rings. The first-order valence-corrected chi connectivity index (χ1v) is 8.44. The summed E-state index contributed by atoms with van der Waals surface area (Å²) in [5.41, 5.74) is 0.616. The van der Waals surface area contributed by atoms with Crippen molar-refractivity contribution in [2.24, 2.45) is 0 Å². The van der Waals surface area contributed by atoms with Crippen molar-refractivity contribution in [3.05, 3.63) is 58.6 Å². The number of nitrogens with one attached hydrogen (secondary N) is 2. The van der Waals surface area contributed by atoms with Crippen LogP contribution in [0, 0.1) is 0 Å². The molecular formula is C17H16Cl2N2O2S. The standard InChI is InChI=1S/C17H16Cl2N2O2S/c18-12-9-13(19)11-14(10-12)20-17(24)21-16(22)7-4-8-23-15-5-2-1-3-6-15/h1-3,5-6,9-11H,4,7-8H2,(H2,20,21,22,24). The quantitative estimate of drug-likeness (QED) is 0.563. The second-order valence-corrected chi connectivity index (χ2v) is 6.21. The Morgan fingerprint density at radius 2 is 1.75 bits per heavy atom. The Morgan fingerprint density at radius 3 is 2.42 bits per heavy atom. The highest BCUT2D eigenvalue weighted by molar-refractivity contribution is 7.80. The molecule has 0 aliphatic heterocycles. The third-order valence-electron chi connectivity index (χ3n) is 2.93. The van der Waals surface area contributed by atoms with Gasteiger partial charge < -0.3 is 15.4 Å². The number of amides is 1. The molecule has 126 valence electrons.